The smallest absolute Gasteiger partial charge is 0.331 e. The second-order valence-corrected chi connectivity index (χ2v) is 6.17. The topological polar surface area (TPSA) is 75.6 Å². The highest BCUT2D eigenvalue weighted by Crippen LogP contribution is 2.49. The van der Waals surface area contributed by atoms with E-state index in [4.69, 9.17) is 16.3 Å². The predicted octanol–water partition coefficient (Wildman–Crippen LogP) is 1.73. The van der Waals surface area contributed by atoms with Gasteiger partial charge < -0.3 is 15.2 Å². The molecule has 1 aliphatic heterocycles. The number of hydrogen-bond acceptors (Lipinski definition) is 3. The summed E-state index contributed by atoms with van der Waals surface area (Å²) in [4.78, 5) is 24.1. The molecular formula is C15H16ClNO4. The Morgan fingerprint density at radius 1 is 1.19 bits per heavy atom. The van der Waals surface area contributed by atoms with E-state index in [9.17, 15) is 14.7 Å². The average molecular weight is 310 g/mol. The summed E-state index contributed by atoms with van der Waals surface area (Å²) >= 11 is 5.87. The number of carboxylic acid groups (broad SMARTS) is 1. The van der Waals surface area contributed by atoms with Crippen LogP contribution in [0.15, 0.2) is 24.3 Å². The molecule has 1 unspecified atom stereocenters. The van der Waals surface area contributed by atoms with Gasteiger partial charge in [0.1, 0.15) is 0 Å². The Kier molecular flexibility index (Phi) is 3.42. The Hall–Kier alpha value is -1.59. The summed E-state index contributed by atoms with van der Waals surface area (Å²) in [6.45, 7) is 0.366. The van der Waals surface area contributed by atoms with Gasteiger partial charge >= 0.3 is 5.97 Å². The molecule has 1 aromatic rings. The SMILES string of the molecule is O=C(O)C1(NC(=O)C2(c3ccc(Cl)cc3)CC2)CCOC1. The number of aliphatic carboxylic acids is 1. The standard InChI is InChI=1S/C15H16ClNO4/c16-11-3-1-10(2-4-11)14(5-6-14)12(18)17-15(13(19)20)7-8-21-9-15/h1-4H,5-9H2,(H,17,18)(H,19,20). The highest BCUT2D eigenvalue weighted by Gasteiger charge is 2.55. The van der Waals surface area contributed by atoms with Crippen molar-refractivity contribution in [2.45, 2.75) is 30.2 Å². The maximum atomic E-state index is 12.6. The fourth-order valence-electron chi connectivity index (χ4n) is 2.76. The van der Waals surface area contributed by atoms with Crippen molar-refractivity contribution in [3.05, 3.63) is 34.9 Å². The molecule has 1 aromatic carbocycles. The quantitative estimate of drug-likeness (QED) is 0.888. The number of rotatable bonds is 4. The van der Waals surface area contributed by atoms with Crippen LogP contribution in [-0.2, 0) is 19.7 Å². The normalized spacial score (nSPS) is 26.3. The molecule has 1 heterocycles. The second kappa shape index (κ2) is 5.00. The van der Waals surface area contributed by atoms with Crippen LogP contribution in [0.5, 0.6) is 0 Å². The molecule has 6 heteroatoms. The molecule has 2 fully saturated rings. The summed E-state index contributed by atoms with van der Waals surface area (Å²) in [5, 5.41) is 12.7. The van der Waals surface area contributed by atoms with Crippen molar-refractivity contribution in [1.82, 2.24) is 5.32 Å². The first-order valence-corrected chi connectivity index (χ1v) is 7.26. The molecular weight excluding hydrogens is 294 g/mol. The molecule has 1 amide bonds. The maximum absolute atomic E-state index is 12.6. The lowest BCUT2D eigenvalue weighted by atomic mass is 9.92. The van der Waals surface area contributed by atoms with E-state index in [1.165, 1.54) is 0 Å². The summed E-state index contributed by atoms with van der Waals surface area (Å²) in [6, 6.07) is 7.15. The summed E-state index contributed by atoms with van der Waals surface area (Å²) in [6.07, 6.45) is 1.73. The van der Waals surface area contributed by atoms with E-state index < -0.39 is 16.9 Å². The molecule has 3 rings (SSSR count). The lowest BCUT2D eigenvalue weighted by molar-refractivity contribution is -0.148. The third kappa shape index (κ3) is 2.40. The van der Waals surface area contributed by atoms with Crippen molar-refractivity contribution in [3.8, 4) is 0 Å². The van der Waals surface area contributed by atoms with Crippen molar-refractivity contribution in [3.63, 3.8) is 0 Å². The van der Waals surface area contributed by atoms with Crippen LogP contribution < -0.4 is 5.32 Å². The first-order valence-electron chi connectivity index (χ1n) is 6.88. The van der Waals surface area contributed by atoms with E-state index in [2.05, 4.69) is 5.32 Å². The lowest BCUT2D eigenvalue weighted by Crippen LogP contribution is -2.57. The number of carbonyl (C=O) groups is 2. The predicted molar refractivity (Wildman–Crippen MR) is 76.3 cm³/mol. The van der Waals surface area contributed by atoms with Crippen molar-refractivity contribution >= 4 is 23.5 Å². The fourth-order valence-corrected chi connectivity index (χ4v) is 2.89. The molecule has 2 aliphatic rings. The van der Waals surface area contributed by atoms with Crippen LogP contribution in [0.2, 0.25) is 5.02 Å². The van der Waals surface area contributed by atoms with Crippen LogP contribution in [0.25, 0.3) is 0 Å². The first-order chi connectivity index (χ1) is 9.98. The summed E-state index contributed by atoms with van der Waals surface area (Å²) in [7, 11) is 0. The Balaban J connectivity index is 1.82. The van der Waals surface area contributed by atoms with Gasteiger partial charge in [0.25, 0.3) is 0 Å². The Labute approximate surface area is 127 Å². The molecule has 0 spiro atoms. The molecule has 21 heavy (non-hydrogen) atoms. The summed E-state index contributed by atoms with van der Waals surface area (Å²) in [5.41, 5.74) is -1.03. The Morgan fingerprint density at radius 2 is 1.86 bits per heavy atom. The van der Waals surface area contributed by atoms with Gasteiger partial charge in [0.05, 0.1) is 12.0 Å². The number of carboxylic acids is 1. The van der Waals surface area contributed by atoms with Crippen molar-refractivity contribution in [2.24, 2.45) is 0 Å². The largest absolute Gasteiger partial charge is 0.479 e. The fraction of sp³-hybridized carbons (Fsp3) is 0.467. The number of nitrogens with one attached hydrogen (secondary N) is 1. The third-order valence-electron chi connectivity index (χ3n) is 4.37. The monoisotopic (exact) mass is 309 g/mol. The van der Waals surface area contributed by atoms with Crippen LogP contribution in [-0.4, -0.2) is 35.7 Å². The van der Waals surface area contributed by atoms with Crippen LogP contribution in [0, 0.1) is 0 Å². The van der Waals surface area contributed by atoms with E-state index in [0.717, 1.165) is 18.4 Å². The number of hydrogen-bond donors (Lipinski definition) is 2. The van der Waals surface area contributed by atoms with E-state index in [0.29, 0.717) is 18.1 Å². The number of carbonyl (C=O) groups excluding carboxylic acids is 1. The molecule has 1 aliphatic carbocycles. The van der Waals surface area contributed by atoms with Gasteiger partial charge in [-0.15, -0.1) is 0 Å². The van der Waals surface area contributed by atoms with Gasteiger partial charge in [-0.1, -0.05) is 23.7 Å². The zero-order chi connectivity index (χ0) is 15.1. The summed E-state index contributed by atoms with van der Waals surface area (Å²) < 4.78 is 5.16. The van der Waals surface area contributed by atoms with Gasteiger partial charge in [-0.25, -0.2) is 4.79 Å². The summed E-state index contributed by atoms with van der Waals surface area (Å²) in [5.74, 6) is -1.28. The van der Waals surface area contributed by atoms with Crippen LogP contribution >= 0.6 is 11.6 Å². The lowest BCUT2D eigenvalue weighted by Gasteiger charge is -2.27. The zero-order valence-electron chi connectivity index (χ0n) is 11.4. The van der Waals surface area contributed by atoms with E-state index in [1.807, 2.05) is 12.1 Å². The minimum atomic E-state index is -1.29. The highest BCUT2D eigenvalue weighted by atomic mass is 35.5. The maximum Gasteiger partial charge on any atom is 0.331 e. The first kappa shape index (κ1) is 14.4. The number of amides is 1. The minimum absolute atomic E-state index is 0.0186. The van der Waals surface area contributed by atoms with Crippen molar-refractivity contribution < 1.29 is 19.4 Å². The van der Waals surface area contributed by atoms with Crippen molar-refractivity contribution in [1.29, 1.82) is 0 Å². The number of ether oxygens (including phenoxy) is 1. The molecule has 2 N–H and O–H groups in total. The van der Waals surface area contributed by atoms with Gasteiger partial charge in [-0.05, 0) is 30.5 Å². The number of halogens is 1. The highest BCUT2D eigenvalue weighted by molar-refractivity contribution is 6.30. The third-order valence-corrected chi connectivity index (χ3v) is 4.62. The molecule has 0 aromatic heterocycles. The van der Waals surface area contributed by atoms with Crippen LogP contribution in [0.4, 0.5) is 0 Å². The van der Waals surface area contributed by atoms with Gasteiger partial charge in [0.2, 0.25) is 5.91 Å². The van der Waals surface area contributed by atoms with Crippen LogP contribution in [0.3, 0.4) is 0 Å². The van der Waals surface area contributed by atoms with E-state index in [-0.39, 0.29) is 12.5 Å². The average Bonchev–Trinajstić information content (AvgIpc) is 3.13. The van der Waals surface area contributed by atoms with Gasteiger partial charge in [0, 0.05) is 18.1 Å². The Morgan fingerprint density at radius 3 is 2.33 bits per heavy atom. The van der Waals surface area contributed by atoms with Gasteiger partial charge in [-0.2, -0.15) is 0 Å². The van der Waals surface area contributed by atoms with Crippen molar-refractivity contribution in [2.75, 3.05) is 13.2 Å². The number of benzene rings is 1. The molecule has 0 radical (unpaired) electrons. The van der Waals surface area contributed by atoms with Gasteiger partial charge in [0.15, 0.2) is 5.54 Å². The zero-order valence-corrected chi connectivity index (χ0v) is 12.2. The molecule has 1 saturated heterocycles. The van der Waals surface area contributed by atoms with Gasteiger partial charge in [-0.3, -0.25) is 4.79 Å². The second-order valence-electron chi connectivity index (χ2n) is 5.73. The molecule has 112 valence electrons. The Bertz CT molecular complexity index is 574. The molecule has 5 nitrogen and oxygen atoms in total. The van der Waals surface area contributed by atoms with E-state index in [1.54, 1.807) is 12.1 Å². The van der Waals surface area contributed by atoms with E-state index >= 15 is 0 Å². The minimum Gasteiger partial charge on any atom is -0.479 e. The molecule has 1 saturated carbocycles. The molecule has 1 atom stereocenters. The molecule has 0 bridgehead atoms. The van der Waals surface area contributed by atoms with Crippen LogP contribution in [0.1, 0.15) is 24.8 Å².